The molecule has 2 aromatic rings. The molecular formula is C22H27NO. The lowest BCUT2D eigenvalue weighted by Gasteiger charge is -2.22. The van der Waals surface area contributed by atoms with Crippen molar-refractivity contribution in [2.75, 3.05) is 6.54 Å². The Balaban J connectivity index is 1.59. The predicted molar refractivity (Wildman–Crippen MR) is 99.2 cm³/mol. The third-order valence-electron chi connectivity index (χ3n) is 5.06. The molecule has 0 aliphatic heterocycles. The Kier molecular flexibility index (Phi) is 6.06. The van der Waals surface area contributed by atoms with Gasteiger partial charge in [0, 0.05) is 12.1 Å². The topological polar surface area (TPSA) is 29.1 Å². The van der Waals surface area contributed by atoms with Gasteiger partial charge in [-0.3, -0.25) is 4.79 Å². The first-order chi connectivity index (χ1) is 11.8. The summed E-state index contributed by atoms with van der Waals surface area (Å²) >= 11 is 0. The minimum absolute atomic E-state index is 0.0873. The second-order valence-corrected chi connectivity index (χ2v) is 6.86. The molecule has 2 nitrogen and oxygen atoms in total. The normalized spacial score (nSPS) is 15.2. The average Bonchev–Trinajstić information content (AvgIpc) is 2.66. The van der Waals surface area contributed by atoms with Gasteiger partial charge in [0.05, 0.1) is 0 Å². The Morgan fingerprint density at radius 3 is 2.38 bits per heavy atom. The van der Waals surface area contributed by atoms with Gasteiger partial charge in [0.1, 0.15) is 0 Å². The summed E-state index contributed by atoms with van der Waals surface area (Å²) in [5.74, 6) is 0.753. The van der Waals surface area contributed by atoms with E-state index in [4.69, 9.17) is 0 Å². The molecule has 2 aromatic carbocycles. The lowest BCUT2D eigenvalue weighted by atomic mass is 9.89. The maximum atomic E-state index is 12.6. The van der Waals surface area contributed by atoms with Crippen molar-refractivity contribution in [2.24, 2.45) is 5.92 Å². The summed E-state index contributed by atoms with van der Waals surface area (Å²) in [6, 6.07) is 18.5. The predicted octanol–water partition coefficient (Wildman–Crippen LogP) is 4.78. The van der Waals surface area contributed by atoms with Crippen molar-refractivity contribution < 1.29 is 4.79 Å². The second-order valence-electron chi connectivity index (χ2n) is 6.86. The van der Waals surface area contributed by atoms with Crippen molar-refractivity contribution in [3.63, 3.8) is 0 Å². The third kappa shape index (κ3) is 4.70. The molecule has 1 amide bonds. The Labute approximate surface area is 145 Å². The maximum absolute atomic E-state index is 12.6. The Hall–Kier alpha value is -2.09. The lowest BCUT2D eigenvalue weighted by Crippen LogP contribution is -2.30. The molecule has 0 radical (unpaired) electrons. The molecule has 3 rings (SSSR count). The first kappa shape index (κ1) is 16.8. The molecule has 0 bridgehead atoms. The van der Waals surface area contributed by atoms with Crippen LogP contribution in [0, 0.1) is 5.92 Å². The average molecular weight is 321 g/mol. The number of carbonyl (C=O) groups is 1. The molecule has 0 unspecified atom stereocenters. The van der Waals surface area contributed by atoms with Crippen LogP contribution in [0.2, 0.25) is 0 Å². The van der Waals surface area contributed by atoms with Crippen LogP contribution in [0.25, 0.3) is 0 Å². The van der Waals surface area contributed by atoms with Gasteiger partial charge in [-0.1, -0.05) is 67.8 Å². The van der Waals surface area contributed by atoms with Gasteiger partial charge in [0.25, 0.3) is 5.91 Å². The van der Waals surface area contributed by atoms with Crippen LogP contribution in [0.15, 0.2) is 54.6 Å². The van der Waals surface area contributed by atoms with Crippen LogP contribution in [0.5, 0.6) is 0 Å². The van der Waals surface area contributed by atoms with Crippen molar-refractivity contribution in [3.05, 3.63) is 71.3 Å². The van der Waals surface area contributed by atoms with Crippen LogP contribution in [0.1, 0.15) is 53.6 Å². The first-order valence-corrected chi connectivity index (χ1v) is 9.23. The number of rotatable bonds is 6. The summed E-state index contributed by atoms with van der Waals surface area (Å²) < 4.78 is 0. The molecule has 1 fully saturated rings. The number of amides is 1. The van der Waals surface area contributed by atoms with Crippen LogP contribution in [0.4, 0.5) is 0 Å². The largest absolute Gasteiger partial charge is 0.352 e. The molecule has 24 heavy (non-hydrogen) atoms. The number of carbonyl (C=O) groups excluding carboxylic acids is 1. The van der Waals surface area contributed by atoms with Gasteiger partial charge >= 0.3 is 0 Å². The molecular weight excluding hydrogens is 294 g/mol. The smallest absolute Gasteiger partial charge is 0.251 e. The van der Waals surface area contributed by atoms with E-state index in [-0.39, 0.29) is 5.91 Å². The van der Waals surface area contributed by atoms with E-state index >= 15 is 0 Å². The Bertz CT molecular complexity index is 644. The number of benzene rings is 2. The van der Waals surface area contributed by atoms with Gasteiger partial charge < -0.3 is 5.32 Å². The fourth-order valence-electron chi connectivity index (χ4n) is 3.61. The Morgan fingerprint density at radius 2 is 1.58 bits per heavy atom. The zero-order chi connectivity index (χ0) is 16.6. The van der Waals surface area contributed by atoms with Gasteiger partial charge in [0.2, 0.25) is 0 Å². The van der Waals surface area contributed by atoms with Crippen molar-refractivity contribution in [1.29, 1.82) is 0 Å². The van der Waals surface area contributed by atoms with Crippen molar-refractivity contribution in [2.45, 2.75) is 44.9 Å². The minimum atomic E-state index is 0.0873. The summed E-state index contributed by atoms with van der Waals surface area (Å²) in [5.41, 5.74) is 3.29. The summed E-state index contributed by atoms with van der Waals surface area (Å²) in [4.78, 5) is 12.6. The summed E-state index contributed by atoms with van der Waals surface area (Å²) in [7, 11) is 0. The fourth-order valence-corrected chi connectivity index (χ4v) is 3.61. The Morgan fingerprint density at radius 1 is 0.875 bits per heavy atom. The SMILES string of the molecule is O=C(NCC1CCCCC1)c1ccccc1CCc1ccccc1. The zero-order valence-electron chi connectivity index (χ0n) is 14.3. The summed E-state index contributed by atoms with van der Waals surface area (Å²) in [5, 5.41) is 3.17. The van der Waals surface area contributed by atoms with Crippen LogP contribution in [-0.2, 0) is 12.8 Å². The van der Waals surface area contributed by atoms with E-state index in [1.807, 2.05) is 24.3 Å². The van der Waals surface area contributed by atoms with E-state index in [9.17, 15) is 4.79 Å². The molecule has 0 aromatic heterocycles. The van der Waals surface area contributed by atoms with Crippen LogP contribution >= 0.6 is 0 Å². The van der Waals surface area contributed by atoms with E-state index in [2.05, 4.69) is 35.6 Å². The number of hydrogen-bond donors (Lipinski definition) is 1. The molecule has 0 atom stereocenters. The third-order valence-corrected chi connectivity index (χ3v) is 5.06. The fraction of sp³-hybridized carbons (Fsp3) is 0.409. The molecule has 1 aliphatic carbocycles. The lowest BCUT2D eigenvalue weighted by molar-refractivity contribution is 0.0942. The second kappa shape index (κ2) is 8.68. The van der Waals surface area contributed by atoms with E-state index < -0.39 is 0 Å². The van der Waals surface area contributed by atoms with Crippen molar-refractivity contribution in [1.82, 2.24) is 5.32 Å². The minimum Gasteiger partial charge on any atom is -0.352 e. The molecule has 1 saturated carbocycles. The highest BCUT2D eigenvalue weighted by Gasteiger charge is 2.16. The molecule has 126 valence electrons. The summed E-state index contributed by atoms with van der Waals surface area (Å²) in [6.45, 7) is 0.825. The van der Waals surface area contributed by atoms with Gasteiger partial charge in [0.15, 0.2) is 0 Å². The highest BCUT2D eigenvalue weighted by atomic mass is 16.1. The zero-order valence-corrected chi connectivity index (χ0v) is 14.3. The van der Waals surface area contributed by atoms with Crippen molar-refractivity contribution >= 4 is 5.91 Å². The number of nitrogens with one attached hydrogen (secondary N) is 1. The maximum Gasteiger partial charge on any atom is 0.251 e. The highest BCUT2D eigenvalue weighted by molar-refractivity contribution is 5.95. The van der Waals surface area contributed by atoms with Gasteiger partial charge in [-0.2, -0.15) is 0 Å². The summed E-state index contributed by atoms with van der Waals surface area (Å²) in [6.07, 6.45) is 8.37. The molecule has 0 heterocycles. The van der Waals surface area contributed by atoms with Crippen molar-refractivity contribution in [3.8, 4) is 0 Å². The van der Waals surface area contributed by atoms with Crippen LogP contribution in [0.3, 0.4) is 0 Å². The molecule has 0 saturated heterocycles. The molecule has 2 heteroatoms. The van der Waals surface area contributed by atoms with E-state index in [0.717, 1.165) is 30.5 Å². The molecule has 1 aliphatic rings. The monoisotopic (exact) mass is 321 g/mol. The number of hydrogen-bond acceptors (Lipinski definition) is 1. The quantitative estimate of drug-likeness (QED) is 0.815. The van der Waals surface area contributed by atoms with Crippen LogP contribution in [-0.4, -0.2) is 12.5 Å². The van der Waals surface area contributed by atoms with Crippen LogP contribution < -0.4 is 5.32 Å². The standard InChI is InChI=1S/C22H27NO/c24-22(23-17-19-11-5-2-6-12-19)21-14-8-7-13-20(21)16-15-18-9-3-1-4-10-18/h1,3-4,7-10,13-14,19H,2,5-6,11-12,15-17H2,(H,23,24). The van der Waals surface area contributed by atoms with Gasteiger partial charge in [-0.15, -0.1) is 0 Å². The van der Waals surface area contributed by atoms with E-state index in [1.54, 1.807) is 0 Å². The van der Waals surface area contributed by atoms with Gasteiger partial charge in [-0.05, 0) is 48.8 Å². The molecule has 1 N–H and O–H groups in total. The highest BCUT2D eigenvalue weighted by Crippen LogP contribution is 2.23. The van der Waals surface area contributed by atoms with Gasteiger partial charge in [-0.25, -0.2) is 0 Å². The molecule has 0 spiro atoms. The first-order valence-electron chi connectivity index (χ1n) is 9.23. The van der Waals surface area contributed by atoms with E-state index in [0.29, 0.717) is 5.92 Å². The number of aryl methyl sites for hydroxylation is 2. The van der Waals surface area contributed by atoms with E-state index in [1.165, 1.54) is 37.7 Å².